The van der Waals surface area contributed by atoms with Crippen LogP contribution in [0.2, 0.25) is 0 Å². The van der Waals surface area contributed by atoms with E-state index in [0.29, 0.717) is 0 Å². The van der Waals surface area contributed by atoms with E-state index in [4.69, 9.17) is 19.2 Å². The predicted octanol–water partition coefficient (Wildman–Crippen LogP) is -6.79. The van der Waals surface area contributed by atoms with E-state index in [9.17, 15) is 0 Å². The van der Waals surface area contributed by atoms with Gasteiger partial charge in [-0.15, -0.1) is 0 Å². The van der Waals surface area contributed by atoms with Crippen LogP contribution in [0.25, 0.3) is 0 Å². The molecule has 0 aliphatic carbocycles. The molecule has 0 radical (unpaired) electrons. The molecule has 84 valence electrons. The Balaban J connectivity index is -0.00000000381. The van der Waals surface area contributed by atoms with Crippen LogP contribution in [-0.4, -0.2) is 85.3 Å². The predicted molar refractivity (Wildman–Crippen MR) is 44.5 cm³/mol. The Kier molecular flexibility index (Phi) is 181. The zero-order valence-electron chi connectivity index (χ0n) is 5.20. The van der Waals surface area contributed by atoms with Crippen LogP contribution in [-0.2, 0) is 4.57 Å². The molecule has 0 rings (SSSR count). The van der Waals surface area contributed by atoms with E-state index in [-0.39, 0.29) is 70.6 Å². The van der Waals surface area contributed by atoms with E-state index in [0.717, 1.165) is 0 Å². The maximum absolute atomic E-state index is 8.88. The molecule has 0 aromatic carbocycles. The summed E-state index contributed by atoms with van der Waals surface area (Å²) in [4.78, 5) is 21.6. The first-order valence-electron chi connectivity index (χ1n) is 0.783. The van der Waals surface area contributed by atoms with Gasteiger partial charge in [0.05, 0.1) is 0 Å². The third-order valence-corrected chi connectivity index (χ3v) is 0. The van der Waals surface area contributed by atoms with Gasteiger partial charge in [-0.3, -0.25) is 0 Å². The van der Waals surface area contributed by atoms with Gasteiger partial charge >= 0.3 is 45.6 Å². The Hall–Kier alpha value is 1.13. The molecule has 0 amide bonds. The summed E-state index contributed by atoms with van der Waals surface area (Å²) in [6.07, 6.45) is 0. The normalized spacial score (nSPS) is 4.92. The molecule has 0 aromatic heterocycles. The summed E-state index contributed by atoms with van der Waals surface area (Å²) < 4.78 is 8.88. The van der Waals surface area contributed by atoms with Gasteiger partial charge < -0.3 is 47.5 Å². The second kappa shape index (κ2) is 29.6. The molecule has 0 spiro atoms. The van der Waals surface area contributed by atoms with Crippen molar-refractivity contribution in [3.05, 3.63) is 0 Å². The molecule has 12 heavy (non-hydrogen) atoms. The van der Waals surface area contributed by atoms with Crippen LogP contribution in [0, 0.1) is 0 Å². The molecule has 0 aliphatic rings. The van der Waals surface area contributed by atoms with Gasteiger partial charge in [-0.25, -0.2) is 4.57 Å². The van der Waals surface area contributed by atoms with Crippen LogP contribution >= 0.6 is 7.82 Å². The number of phosphoric acid groups is 1. The van der Waals surface area contributed by atoms with Gasteiger partial charge in [-0.2, -0.15) is 0 Å². The van der Waals surface area contributed by atoms with Crippen molar-refractivity contribution in [1.29, 1.82) is 0 Å². The molecule has 0 unspecified atom stereocenters. The van der Waals surface area contributed by atoms with Gasteiger partial charge in [0.25, 0.3) is 0 Å². The molecule has 0 bridgehead atoms. The third kappa shape index (κ3) is 895. The van der Waals surface area contributed by atoms with Gasteiger partial charge in [0.2, 0.25) is 0 Å². The second-order valence-corrected chi connectivity index (χ2v) is 1.54. The summed E-state index contributed by atoms with van der Waals surface area (Å²) in [5.74, 6) is 0. The fourth-order valence-electron chi connectivity index (χ4n) is 0. The molecule has 0 fully saturated rings. The van der Waals surface area contributed by atoms with Crippen LogP contribution in [0.1, 0.15) is 0 Å². The SMILES string of the molecule is O.O.O.O.O.O.O=P(O)(O)O.[CaH2]. The van der Waals surface area contributed by atoms with Crippen LogP contribution < -0.4 is 0 Å². The number of hydrogen-bond donors (Lipinski definition) is 3. The van der Waals surface area contributed by atoms with Crippen LogP contribution in [0.4, 0.5) is 0 Å². The molecule has 0 saturated carbocycles. The van der Waals surface area contributed by atoms with Crippen molar-refractivity contribution >= 4 is 45.6 Å². The summed E-state index contributed by atoms with van der Waals surface area (Å²) in [6.45, 7) is 0. The standard InChI is InChI=1S/Ca.H3O4P.6H2O.2H/c;1-5(2,3)4;;;;;;;;/h;(H3,1,2,3,4);6*1H2;;. The Labute approximate surface area is 97.3 Å². The topological polar surface area (TPSA) is 267 Å². The molecule has 0 atom stereocenters. The van der Waals surface area contributed by atoms with E-state index >= 15 is 0 Å². The third-order valence-electron chi connectivity index (χ3n) is 0. The summed E-state index contributed by atoms with van der Waals surface area (Å²) in [5, 5.41) is 0. The summed E-state index contributed by atoms with van der Waals surface area (Å²) >= 11 is 0. The average molecular weight is 248 g/mol. The Morgan fingerprint density at radius 2 is 0.667 bits per heavy atom. The van der Waals surface area contributed by atoms with E-state index in [1.54, 1.807) is 0 Å². The van der Waals surface area contributed by atoms with E-state index in [1.807, 2.05) is 0 Å². The molecule has 15 N–H and O–H groups in total. The zero-order valence-corrected chi connectivity index (χ0v) is 6.09. The van der Waals surface area contributed by atoms with Crippen molar-refractivity contribution in [3.8, 4) is 0 Å². The Morgan fingerprint density at radius 3 is 0.667 bits per heavy atom. The molecular formula is H17CaO10P. The van der Waals surface area contributed by atoms with Gasteiger partial charge in [-0.05, 0) is 0 Å². The fourth-order valence-corrected chi connectivity index (χ4v) is 0. The monoisotopic (exact) mass is 248 g/mol. The van der Waals surface area contributed by atoms with Crippen molar-refractivity contribution in [2.24, 2.45) is 0 Å². The van der Waals surface area contributed by atoms with E-state index in [1.165, 1.54) is 0 Å². The zero-order chi connectivity index (χ0) is 4.50. The van der Waals surface area contributed by atoms with Crippen LogP contribution in [0.3, 0.4) is 0 Å². The minimum atomic E-state index is -4.64. The van der Waals surface area contributed by atoms with Crippen LogP contribution in [0.15, 0.2) is 0 Å². The van der Waals surface area contributed by atoms with Crippen molar-refractivity contribution < 1.29 is 52.1 Å². The van der Waals surface area contributed by atoms with E-state index < -0.39 is 7.82 Å². The quantitative estimate of drug-likeness (QED) is 0.278. The Bertz CT molecular complexity index is 56.0. The molecule has 0 saturated heterocycles. The molecule has 0 heterocycles. The first kappa shape index (κ1) is 73.4. The minimum absolute atomic E-state index is 0. The fraction of sp³-hybridized carbons (Fsp3) is 0. The van der Waals surface area contributed by atoms with Crippen molar-refractivity contribution in [1.82, 2.24) is 0 Å². The van der Waals surface area contributed by atoms with Gasteiger partial charge in [-0.1, -0.05) is 0 Å². The van der Waals surface area contributed by atoms with Crippen molar-refractivity contribution in [2.75, 3.05) is 0 Å². The first-order chi connectivity index (χ1) is 2.00. The average Bonchev–Trinajstić information content (AvgIpc) is 0.722. The number of hydrogen-bond acceptors (Lipinski definition) is 1. The van der Waals surface area contributed by atoms with Crippen molar-refractivity contribution in [2.45, 2.75) is 0 Å². The molecule has 0 aromatic rings. The summed E-state index contributed by atoms with van der Waals surface area (Å²) in [7, 11) is -4.64. The Morgan fingerprint density at radius 1 is 0.667 bits per heavy atom. The van der Waals surface area contributed by atoms with Crippen LogP contribution in [0.5, 0.6) is 0 Å². The van der Waals surface area contributed by atoms with Gasteiger partial charge in [0.15, 0.2) is 0 Å². The maximum atomic E-state index is 8.88. The molecule has 0 aliphatic heterocycles. The van der Waals surface area contributed by atoms with Crippen molar-refractivity contribution in [3.63, 3.8) is 0 Å². The second-order valence-electron chi connectivity index (χ2n) is 0.513. The molecule has 12 heteroatoms. The van der Waals surface area contributed by atoms with Gasteiger partial charge in [0, 0.05) is 0 Å². The number of rotatable bonds is 0. The summed E-state index contributed by atoms with van der Waals surface area (Å²) in [5.41, 5.74) is 0. The first-order valence-corrected chi connectivity index (χ1v) is 2.35. The van der Waals surface area contributed by atoms with Gasteiger partial charge in [0.1, 0.15) is 0 Å². The molecular weight excluding hydrogens is 231 g/mol. The summed E-state index contributed by atoms with van der Waals surface area (Å²) in [6, 6.07) is 0. The van der Waals surface area contributed by atoms with E-state index in [2.05, 4.69) is 0 Å². The molecule has 10 nitrogen and oxygen atoms in total.